The maximum absolute atomic E-state index is 4.84. The number of fused-ring (bicyclic) bond motifs is 2. The van der Waals surface area contributed by atoms with Crippen LogP contribution in [0.15, 0.2) is 72.8 Å². The van der Waals surface area contributed by atoms with Gasteiger partial charge in [-0.1, -0.05) is 75.4 Å². The van der Waals surface area contributed by atoms with Crippen LogP contribution in [0.5, 0.6) is 0 Å². The third-order valence-electron chi connectivity index (χ3n) is 4.60. The number of pyridine rings is 1. The van der Waals surface area contributed by atoms with Crippen molar-refractivity contribution >= 4 is 21.8 Å². The molecule has 1 heteroatoms. The largest absolute Gasteiger partial charge is 0.248 e. The number of nitrogens with zero attached hydrogens (tertiary/aromatic N) is 1. The van der Waals surface area contributed by atoms with E-state index in [4.69, 9.17) is 4.98 Å². The summed E-state index contributed by atoms with van der Waals surface area (Å²) in [4.78, 5) is 4.84. The standard InChI is InChI=1S/C23H21N/c1-23(2,3)18-10-6-9-16(14-18)19-11-7-13-22-20(19)15-17-8-4-5-12-21(17)24-22/h4-15H,1-3H3. The molecule has 1 aromatic heterocycles. The predicted molar refractivity (Wildman–Crippen MR) is 103 cm³/mol. The molecule has 0 unspecified atom stereocenters. The van der Waals surface area contributed by atoms with Crippen LogP contribution in [0.1, 0.15) is 26.3 Å². The quantitative estimate of drug-likeness (QED) is 0.373. The van der Waals surface area contributed by atoms with Gasteiger partial charge in [0.15, 0.2) is 0 Å². The van der Waals surface area contributed by atoms with Crippen molar-refractivity contribution in [3.63, 3.8) is 0 Å². The highest BCUT2D eigenvalue weighted by Gasteiger charge is 2.15. The Balaban J connectivity index is 1.98. The zero-order chi connectivity index (χ0) is 16.7. The summed E-state index contributed by atoms with van der Waals surface area (Å²) in [6.45, 7) is 6.76. The van der Waals surface area contributed by atoms with Gasteiger partial charge >= 0.3 is 0 Å². The lowest BCUT2D eigenvalue weighted by molar-refractivity contribution is 0.590. The van der Waals surface area contributed by atoms with Crippen LogP contribution in [-0.4, -0.2) is 4.98 Å². The minimum atomic E-state index is 0.144. The van der Waals surface area contributed by atoms with Gasteiger partial charge in [0.1, 0.15) is 0 Å². The fourth-order valence-corrected chi connectivity index (χ4v) is 3.20. The number of hydrogen-bond donors (Lipinski definition) is 0. The zero-order valence-corrected chi connectivity index (χ0v) is 14.4. The Labute approximate surface area is 143 Å². The first kappa shape index (κ1) is 14.9. The minimum absolute atomic E-state index is 0.144. The van der Waals surface area contributed by atoms with Crippen LogP contribution < -0.4 is 0 Å². The molecule has 4 rings (SSSR count). The summed E-state index contributed by atoms with van der Waals surface area (Å²) in [6.07, 6.45) is 0. The van der Waals surface area contributed by atoms with E-state index < -0.39 is 0 Å². The third kappa shape index (κ3) is 2.56. The molecule has 0 fully saturated rings. The Bertz CT molecular complexity index is 1040. The molecule has 24 heavy (non-hydrogen) atoms. The minimum Gasteiger partial charge on any atom is -0.248 e. The van der Waals surface area contributed by atoms with Crippen molar-refractivity contribution in [2.24, 2.45) is 0 Å². The number of para-hydroxylation sites is 1. The Kier molecular flexibility index (Phi) is 3.38. The number of benzene rings is 3. The highest BCUT2D eigenvalue weighted by atomic mass is 14.7. The van der Waals surface area contributed by atoms with Crippen LogP contribution in [0.4, 0.5) is 0 Å². The van der Waals surface area contributed by atoms with Crippen LogP contribution in [0.3, 0.4) is 0 Å². The molecule has 4 aromatic rings. The molecule has 0 saturated heterocycles. The second kappa shape index (κ2) is 5.45. The maximum atomic E-state index is 4.84. The van der Waals surface area contributed by atoms with E-state index in [2.05, 4.69) is 87.5 Å². The molecule has 0 aliphatic carbocycles. The molecular weight excluding hydrogens is 290 g/mol. The van der Waals surface area contributed by atoms with Crippen LogP contribution >= 0.6 is 0 Å². The topological polar surface area (TPSA) is 12.9 Å². The summed E-state index contributed by atoms with van der Waals surface area (Å²) in [5, 5.41) is 2.40. The van der Waals surface area contributed by atoms with Gasteiger partial charge in [0.2, 0.25) is 0 Å². The highest BCUT2D eigenvalue weighted by Crippen LogP contribution is 2.32. The fourth-order valence-electron chi connectivity index (χ4n) is 3.20. The van der Waals surface area contributed by atoms with E-state index in [0.717, 1.165) is 11.0 Å². The van der Waals surface area contributed by atoms with Crippen molar-refractivity contribution in [3.05, 3.63) is 78.4 Å². The van der Waals surface area contributed by atoms with Gasteiger partial charge in [-0.3, -0.25) is 0 Å². The number of aromatic nitrogens is 1. The molecule has 118 valence electrons. The van der Waals surface area contributed by atoms with E-state index in [9.17, 15) is 0 Å². The Morgan fingerprint density at radius 1 is 0.708 bits per heavy atom. The highest BCUT2D eigenvalue weighted by molar-refractivity contribution is 6.01. The predicted octanol–water partition coefficient (Wildman–Crippen LogP) is 6.35. The van der Waals surface area contributed by atoms with Crippen molar-refractivity contribution in [3.8, 4) is 11.1 Å². The first-order valence-corrected chi connectivity index (χ1v) is 8.42. The molecule has 0 bridgehead atoms. The van der Waals surface area contributed by atoms with Crippen molar-refractivity contribution in [1.29, 1.82) is 0 Å². The summed E-state index contributed by atoms with van der Waals surface area (Å²) < 4.78 is 0. The molecule has 1 nitrogen and oxygen atoms in total. The molecule has 3 aromatic carbocycles. The average Bonchev–Trinajstić information content (AvgIpc) is 2.59. The Morgan fingerprint density at radius 3 is 2.29 bits per heavy atom. The van der Waals surface area contributed by atoms with Crippen LogP contribution in [0.25, 0.3) is 32.9 Å². The lowest BCUT2D eigenvalue weighted by Crippen LogP contribution is -2.10. The lowest BCUT2D eigenvalue weighted by Gasteiger charge is -2.20. The average molecular weight is 311 g/mol. The SMILES string of the molecule is CC(C)(C)c1cccc(-c2cccc3nc4ccccc4cc23)c1. The van der Waals surface area contributed by atoms with Gasteiger partial charge in [-0.15, -0.1) is 0 Å². The summed E-state index contributed by atoms with van der Waals surface area (Å²) in [7, 11) is 0. The molecule has 0 saturated carbocycles. The van der Waals surface area contributed by atoms with Crippen LogP contribution in [0, 0.1) is 0 Å². The summed E-state index contributed by atoms with van der Waals surface area (Å²) in [5.41, 5.74) is 6.09. The normalized spacial score (nSPS) is 12.0. The van der Waals surface area contributed by atoms with E-state index in [1.54, 1.807) is 0 Å². The van der Waals surface area contributed by atoms with E-state index >= 15 is 0 Å². The first-order valence-electron chi connectivity index (χ1n) is 8.42. The molecule has 0 aliphatic heterocycles. The first-order chi connectivity index (χ1) is 11.5. The van der Waals surface area contributed by atoms with E-state index in [-0.39, 0.29) is 5.41 Å². The summed E-state index contributed by atoms with van der Waals surface area (Å²) >= 11 is 0. The van der Waals surface area contributed by atoms with Gasteiger partial charge in [-0.2, -0.15) is 0 Å². The van der Waals surface area contributed by atoms with Crippen molar-refractivity contribution in [2.75, 3.05) is 0 Å². The van der Waals surface area contributed by atoms with Crippen LogP contribution in [-0.2, 0) is 5.41 Å². The van der Waals surface area contributed by atoms with Gasteiger partial charge < -0.3 is 0 Å². The van der Waals surface area contributed by atoms with Crippen LogP contribution in [0.2, 0.25) is 0 Å². The molecule has 0 amide bonds. The number of rotatable bonds is 1. The molecule has 0 radical (unpaired) electrons. The molecule has 1 heterocycles. The second-order valence-electron chi connectivity index (χ2n) is 7.38. The van der Waals surface area contributed by atoms with Crippen molar-refractivity contribution in [1.82, 2.24) is 4.98 Å². The summed E-state index contributed by atoms with van der Waals surface area (Å²) in [6, 6.07) is 25.8. The second-order valence-corrected chi connectivity index (χ2v) is 7.38. The Morgan fingerprint density at radius 2 is 1.46 bits per heavy atom. The van der Waals surface area contributed by atoms with E-state index in [1.165, 1.54) is 27.5 Å². The lowest BCUT2D eigenvalue weighted by atomic mass is 9.85. The smallest absolute Gasteiger partial charge is 0.0715 e. The summed E-state index contributed by atoms with van der Waals surface area (Å²) in [5.74, 6) is 0. The van der Waals surface area contributed by atoms with Gasteiger partial charge in [0.25, 0.3) is 0 Å². The monoisotopic (exact) mass is 311 g/mol. The van der Waals surface area contributed by atoms with E-state index in [0.29, 0.717) is 0 Å². The van der Waals surface area contributed by atoms with Gasteiger partial charge in [-0.05, 0) is 40.3 Å². The third-order valence-corrected chi connectivity index (χ3v) is 4.60. The van der Waals surface area contributed by atoms with Gasteiger partial charge in [-0.25, -0.2) is 4.98 Å². The van der Waals surface area contributed by atoms with Gasteiger partial charge in [0.05, 0.1) is 11.0 Å². The zero-order valence-electron chi connectivity index (χ0n) is 14.4. The molecule has 0 spiro atoms. The molecule has 0 N–H and O–H groups in total. The van der Waals surface area contributed by atoms with Crippen molar-refractivity contribution < 1.29 is 0 Å². The van der Waals surface area contributed by atoms with Crippen molar-refractivity contribution in [2.45, 2.75) is 26.2 Å². The molecule has 0 atom stereocenters. The molecule has 0 aliphatic rings. The maximum Gasteiger partial charge on any atom is 0.0715 e. The Hall–Kier alpha value is -2.67. The number of hydrogen-bond acceptors (Lipinski definition) is 1. The van der Waals surface area contributed by atoms with Gasteiger partial charge in [0, 0.05) is 10.8 Å². The fraction of sp³-hybridized carbons (Fsp3) is 0.174. The molecular formula is C23H21N. The van der Waals surface area contributed by atoms with E-state index in [1.807, 2.05) is 6.07 Å².